The molecule has 0 spiro atoms. The zero-order valence-electron chi connectivity index (χ0n) is 14.4. The first kappa shape index (κ1) is 16.8. The quantitative estimate of drug-likeness (QED) is 0.470. The summed E-state index contributed by atoms with van der Waals surface area (Å²) in [4.78, 5) is 15.2. The summed E-state index contributed by atoms with van der Waals surface area (Å²) >= 11 is 2.40. The van der Waals surface area contributed by atoms with Crippen LogP contribution >= 0.6 is 22.9 Å². The Kier molecular flexibility index (Phi) is 4.68. The minimum absolute atomic E-state index is 0.532. The number of pyridine rings is 1. The van der Waals surface area contributed by atoms with Gasteiger partial charge in [-0.15, -0.1) is 0 Å². The van der Waals surface area contributed by atoms with E-state index in [0.717, 1.165) is 73.2 Å². The highest BCUT2D eigenvalue weighted by atomic mass is 127. The van der Waals surface area contributed by atoms with Crippen molar-refractivity contribution in [3.63, 3.8) is 0 Å². The SMILES string of the molecule is CCCCc1nc2c([nH]1)c(N)nc1ccc(N3CCN(I)CC3)cc12. The molecule has 1 saturated heterocycles. The second-order valence-electron chi connectivity index (χ2n) is 6.61. The summed E-state index contributed by atoms with van der Waals surface area (Å²) in [7, 11) is 0. The van der Waals surface area contributed by atoms with Crippen LogP contribution in [0.5, 0.6) is 0 Å². The van der Waals surface area contributed by atoms with Gasteiger partial charge in [-0.2, -0.15) is 0 Å². The van der Waals surface area contributed by atoms with E-state index in [-0.39, 0.29) is 0 Å². The molecule has 2 aromatic heterocycles. The fraction of sp³-hybridized carbons (Fsp3) is 0.444. The van der Waals surface area contributed by atoms with Crippen molar-refractivity contribution in [1.29, 1.82) is 0 Å². The van der Waals surface area contributed by atoms with Gasteiger partial charge >= 0.3 is 0 Å². The lowest BCUT2D eigenvalue weighted by molar-refractivity contribution is 0.460. The van der Waals surface area contributed by atoms with E-state index in [9.17, 15) is 0 Å². The third kappa shape index (κ3) is 3.27. The van der Waals surface area contributed by atoms with Gasteiger partial charge in [-0.25, -0.2) is 13.1 Å². The topological polar surface area (TPSA) is 74.1 Å². The van der Waals surface area contributed by atoms with E-state index in [1.165, 1.54) is 5.69 Å². The van der Waals surface area contributed by atoms with Crippen LogP contribution in [-0.2, 0) is 6.42 Å². The van der Waals surface area contributed by atoms with Gasteiger partial charge in [0, 0.05) is 66.5 Å². The van der Waals surface area contributed by atoms with Gasteiger partial charge in [0.2, 0.25) is 0 Å². The number of benzene rings is 1. The van der Waals surface area contributed by atoms with E-state index in [4.69, 9.17) is 10.7 Å². The average Bonchev–Trinajstić information content (AvgIpc) is 3.06. The van der Waals surface area contributed by atoms with Crippen LogP contribution in [0.1, 0.15) is 25.6 Å². The number of H-pyrrole nitrogens is 1. The molecule has 25 heavy (non-hydrogen) atoms. The Morgan fingerprint density at radius 1 is 1.20 bits per heavy atom. The number of nitrogens with zero attached hydrogens (tertiary/aromatic N) is 4. The molecule has 0 amide bonds. The van der Waals surface area contributed by atoms with Crippen molar-refractivity contribution in [3.8, 4) is 0 Å². The van der Waals surface area contributed by atoms with Gasteiger partial charge in [0.25, 0.3) is 0 Å². The maximum atomic E-state index is 6.16. The van der Waals surface area contributed by atoms with Gasteiger partial charge in [-0.05, 0) is 24.6 Å². The van der Waals surface area contributed by atoms with Crippen molar-refractivity contribution >= 4 is 56.3 Å². The number of nitrogen functional groups attached to an aromatic ring is 1. The summed E-state index contributed by atoms with van der Waals surface area (Å²) in [5, 5.41) is 1.08. The molecule has 0 unspecified atom stereocenters. The van der Waals surface area contributed by atoms with Crippen LogP contribution in [0.2, 0.25) is 0 Å². The largest absolute Gasteiger partial charge is 0.382 e. The summed E-state index contributed by atoms with van der Waals surface area (Å²) in [6.45, 7) is 6.44. The molecule has 4 rings (SSSR count). The molecular weight excluding hydrogens is 427 g/mol. The zero-order valence-corrected chi connectivity index (χ0v) is 16.6. The number of aromatic amines is 1. The second kappa shape index (κ2) is 6.95. The maximum absolute atomic E-state index is 6.16. The first-order valence-corrected chi connectivity index (χ1v) is 9.85. The number of nitrogens with two attached hydrogens (primary N) is 1. The van der Waals surface area contributed by atoms with E-state index < -0.39 is 0 Å². The van der Waals surface area contributed by atoms with Crippen LogP contribution in [0.3, 0.4) is 0 Å². The van der Waals surface area contributed by atoms with Crippen LogP contribution in [0, 0.1) is 0 Å². The molecule has 0 atom stereocenters. The molecule has 3 N–H and O–H groups in total. The van der Waals surface area contributed by atoms with E-state index in [1.54, 1.807) is 0 Å². The Morgan fingerprint density at radius 2 is 2.00 bits per heavy atom. The summed E-state index contributed by atoms with van der Waals surface area (Å²) in [6, 6.07) is 6.43. The van der Waals surface area contributed by atoms with Crippen LogP contribution in [-0.4, -0.2) is 44.2 Å². The normalized spacial score (nSPS) is 16.2. The number of hydrogen-bond acceptors (Lipinski definition) is 5. The van der Waals surface area contributed by atoms with Crippen molar-refractivity contribution in [2.24, 2.45) is 0 Å². The zero-order chi connectivity index (χ0) is 17.4. The third-order valence-corrected chi connectivity index (χ3v) is 5.81. The van der Waals surface area contributed by atoms with Crippen molar-refractivity contribution in [2.45, 2.75) is 26.2 Å². The van der Waals surface area contributed by atoms with Crippen LogP contribution < -0.4 is 10.6 Å². The van der Waals surface area contributed by atoms with E-state index in [2.05, 4.69) is 66.0 Å². The highest BCUT2D eigenvalue weighted by Crippen LogP contribution is 2.30. The predicted molar refractivity (Wildman–Crippen MR) is 112 cm³/mol. The van der Waals surface area contributed by atoms with Crippen molar-refractivity contribution in [2.75, 3.05) is 36.8 Å². The highest BCUT2D eigenvalue weighted by Gasteiger charge is 2.17. The molecule has 6 nitrogen and oxygen atoms in total. The smallest absolute Gasteiger partial charge is 0.150 e. The first-order valence-electron chi connectivity index (χ1n) is 8.89. The number of piperazine rings is 1. The lowest BCUT2D eigenvalue weighted by Crippen LogP contribution is -2.42. The van der Waals surface area contributed by atoms with Crippen molar-refractivity contribution in [3.05, 3.63) is 24.0 Å². The van der Waals surface area contributed by atoms with Crippen molar-refractivity contribution in [1.82, 2.24) is 18.1 Å². The van der Waals surface area contributed by atoms with Gasteiger partial charge < -0.3 is 15.6 Å². The van der Waals surface area contributed by atoms with Gasteiger partial charge in [0.05, 0.1) is 5.52 Å². The summed E-state index contributed by atoms with van der Waals surface area (Å²) in [6.07, 6.45) is 3.22. The van der Waals surface area contributed by atoms with E-state index >= 15 is 0 Å². The standard InChI is InChI=1S/C18H23IN6/c1-2-3-4-15-22-16-13-11-12(24-7-9-25(19)10-8-24)5-6-14(13)21-18(20)17(16)23-15/h5-6,11H,2-4,7-10H2,1H3,(H2,20,21)(H,22,23). The molecule has 1 aromatic carbocycles. The number of anilines is 2. The first-order chi connectivity index (χ1) is 12.2. The number of unbranched alkanes of at least 4 members (excludes halogenated alkanes) is 1. The molecule has 3 heterocycles. The van der Waals surface area contributed by atoms with E-state index in [1.807, 2.05) is 0 Å². The van der Waals surface area contributed by atoms with Crippen molar-refractivity contribution < 1.29 is 0 Å². The number of hydrogen-bond donors (Lipinski definition) is 2. The van der Waals surface area contributed by atoms with Gasteiger partial charge in [-0.3, -0.25) is 0 Å². The Hall–Kier alpha value is -1.61. The highest BCUT2D eigenvalue weighted by molar-refractivity contribution is 14.1. The number of rotatable bonds is 4. The van der Waals surface area contributed by atoms with E-state index in [0.29, 0.717) is 5.82 Å². The number of imidazole rings is 1. The average molecular weight is 450 g/mol. The lowest BCUT2D eigenvalue weighted by atomic mass is 10.1. The Balaban J connectivity index is 1.78. The molecule has 0 aliphatic carbocycles. The lowest BCUT2D eigenvalue weighted by Gasteiger charge is -2.33. The summed E-state index contributed by atoms with van der Waals surface area (Å²) in [5.41, 5.74) is 10.1. The third-order valence-electron chi connectivity index (χ3n) is 4.84. The number of aromatic nitrogens is 3. The Labute approximate surface area is 161 Å². The predicted octanol–water partition coefficient (Wildman–Crippen LogP) is 3.51. The number of halogens is 1. The van der Waals surface area contributed by atoms with Gasteiger partial charge in [-0.1, -0.05) is 13.3 Å². The molecule has 0 bridgehead atoms. The molecule has 0 saturated carbocycles. The Morgan fingerprint density at radius 3 is 2.76 bits per heavy atom. The minimum Gasteiger partial charge on any atom is -0.382 e. The molecule has 0 radical (unpaired) electrons. The molecular formula is C18H23IN6. The number of aryl methyl sites for hydroxylation is 1. The van der Waals surface area contributed by atoms with Crippen LogP contribution in [0.4, 0.5) is 11.5 Å². The maximum Gasteiger partial charge on any atom is 0.150 e. The summed E-state index contributed by atoms with van der Waals surface area (Å²) < 4.78 is 2.34. The monoisotopic (exact) mass is 450 g/mol. The summed E-state index contributed by atoms with van der Waals surface area (Å²) in [5.74, 6) is 1.53. The molecule has 1 fully saturated rings. The fourth-order valence-electron chi connectivity index (χ4n) is 3.40. The molecule has 132 valence electrons. The number of nitrogens with one attached hydrogen (secondary N) is 1. The van der Waals surface area contributed by atoms with Crippen LogP contribution in [0.25, 0.3) is 21.9 Å². The fourth-order valence-corrected chi connectivity index (χ4v) is 3.83. The Bertz CT molecular complexity index is 897. The van der Waals surface area contributed by atoms with Crippen LogP contribution in [0.15, 0.2) is 18.2 Å². The second-order valence-corrected chi connectivity index (χ2v) is 7.97. The van der Waals surface area contributed by atoms with Gasteiger partial charge in [0.1, 0.15) is 22.7 Å². The molecule has 7 heteroatoms. The van der Waals surface area contributed by atoms with Gasteiger partial charge in [0.15, 0.2) is 0 Å². The molecule has 3 aromatic rings. The molecule has 1 aliphatic heterocycles. The minimum atomic E-state index is 0.532. The molecule has 1 aliphatic rings. The number of fused-ring (bicyclic) bond motifs is 3.